The molecule has 0 radical (unpaired) electrons. The number of rotatable bonds is 2. The van der Waals surface area contributed by atoms with E-state index in [4.69, 9.17) is 0 Å². The molecule has 1 aromatic carbocycles. The van der Waals surface area contributed by atoms with Gasteiger partial charge in [0.2, 0.25) is 0 Å². The fourth-order valence-electron chi connectivity index (χ4n) is 3.60. The van der Waals surface area contributed by atoms with Crippen molar-refractivity contribution in [2.45, 2.75) is 37.8 Å². The van der Waals surface area contributed by atoms with E-state index in [2.05, 4.69) is 15.8 Å². The maximum atomic E-state index is 13.2. The lowest BCUT2D eigenvalue weighted by atomic mass is 9.84. The molecule has 1 aliphatic carbocycles. The maximum absolute atomic E-state index is 13.2. The van der Waals surface area contributed by atoms with Crippen LogP contribution in [-0.4, -0.2) is 21.2 Å². The Morgan fingerprint density at radius 2 is 2.09 bits per heavy atom. The highest BCUT2D eigenvalue weighted by atomic mass is 32.1. The summed E-state index contributed by atoms with van der Waals surface area (Å²) in [6, 6.07) is 9.52. The summed E-state index contributed by atoms with van der Waals surface area (Å²) >= 11 is 1.31. The van der Waals surface area contributed by atoms with Crippen LogP contribution in [0.15, 0.2) is 36.5 Å². The fraction of sp³-hybridized carbons (Fsp3) is 0.353. The Hall–Kier alpha value is -2.21. The minimum absolute atomic E-state index is 0.134. The molecule has 1 aromatic heterocycles. The number of carbonyl (C=O) groups excluding carboxylic acids is 2. The van der Waals surface area contributed by atoms with E-state index in [1.54, 1.807) is 6.20 Å². The van der Waals surface area contributed by atoms with Crippen molar-refractivity contribution in [3.63, 3.8) is 0 Å². The van der Waals surface area contributed by atoms with Crippen molar-refractivity contribution in [1.29, 1.82) is 0 Å². The zero-order chi connectivity index (χ0) is 15.9. The smallest absolute Gasteiger partial charge is 0.319 e. The fourth-order valence-corrected chi connectivity index (χ4v) is 4.16. The molecule has 1 fully saturated rings. The number of aromatic nitrogens is 1. The molecule has 2 aliphatic rings. The highest BCUT2D eigenvalue weighted by Crippen LogP contribution is 2.39. The van der Waals surface area contributed by atoms with Crippen molar-refractivity contribution in [1.82, 2.24) is 14.6 Å². The van der Waals surface area contributed by atoms with Gasteiger partial charge in [0.25, 0.3) is 5.91 Å². The van der Waals surface area contributed by atoms with Crippen LogP contribution in [0.25, 0.3) is 0 Å². The molecule has 0 saturated carbocycles. The van der Waals surface area contributed by atoms with E-state index in [1.165, 1.54) is 22.0 Å². The highest BCUT2D eigenvalue weighted by Gasteiger charge is 2.53. The van der Waals surface area contributed by atoms with Gasteiger partial charge in [-0.15, -0.1) is 0 Å². The molecule has 1 N–H and O–H groups in total. The SMILES string of the molecule is O=C1NC2(CCCCc3ccccc32)C(=O)N1Cc1ccns1. The van der Waals surface area contributed by atoms with Gasteiger partial charge in [0.05, 0.1) is 6.54 Å². The van der Waals surface area contributed by atoms with E-state index >= 15 is 0 Å². The number of hydrogen-bond acceptors (Lipinski definition) is 4. The minimum Gasteiger partial charge on any atom is -0.319 e. The molecule has 1 unspecified atom stereocenters. The largest absolute Gasteiger partial charge is 0.325 e. The molecule has 1 saturated heterocycles. The van der Waals surface area contributed by atoms with Crippen molar-refractivity contribution < 1.29 is 9.59 Å². The monoisotopic (exact) mass is 327 g/mol. The van der Waals surface area contributed by atoms with Crippen molar-refractivity contribution in [2.24, 2.45) is 0 Å². The molecule has 2 heterocycles. The van der Waals surface area contributed by atoms with Gasteiger partial charge in [-0.1, -0.05) is 24.3 Å². The Morgan fingerprint density at radius 1 is 1.22 bits per heavy atom. The third-order valence-corrected chi connectivity index (χ3v) is 5.43. The zero-order valence-electron chi connectivity index (χ0n) is 12.6. The maximum Gasteiger partial charge on any atom is 0.325 e. The number of benzene rings is 1. The van der Waals surface area contributed by atoms with Crippen LogP contribution in [0.1, 0.15) is 35.3 Å². The molecule has 23 heavy (non-hydrogen) atoms. The first-order chi connectivity index (χ1) is 11.2. The number of amides is 3. The van der Waals surface area contributed by atoms with Crippen molar-refractivity contribution in [2.75, 3.05) is 0 Å². The van der Waals surface area contributed by atoms with E-state index in [-0.39, 0.29) is 11.9 Å². The molecule has 1 aliphatic heterocycles. The first-order valence-corrected chi connectivity index (χ1v) is 8.60. The Kier molecular flexibility index (Phi) is 3.41. The van der Waals surface area contributed by atoms with E-state index in [9.17, 15) is 9.59 Å². The van der Waals surface area contributed by atoms with Crippen LogP contribution >= 0.6 is 11.5 Å². The van der Waals surface area contributed by atoms with Gasteiger partial charge in [-0.25, -0.2) is 9.17 Å². The summed E-state index contributed by atoms with van der Waals surface area (Å²) in [6.07, 6.45) is 5.27. The van der Waals surface area contributed by atoms with Gasteiger partial charge in [-0.2, -0.15) is 0 Å². The Balaban J connectivity index is 1.74. The molecule has 6 heteroatoms. The summed E-state index contributed by atoms with van der Waals surface area (Å²) in [4.78, 5) is 27.9. The summed E-state index contributed by atoms with van der Waals surface area (Å²) in [5.41, 5.74) is 1.23. The molecule has 1 spiro atoms. The molecule has 5 nitrogen and oxygen atoms in total. The summed E-state index contributed by atoms with van der Waals surface area (Å²) in [7, 11) is 0. The first-order valence-electron chi connectivity index (χ1n) is 7.83. The molecular weight excluding hydrogens is 310 g/mol. The van der Waals surface area contributed by atoms with Crippen LogP contribution in [0.2, 0.25) is 0 Å². The van der Waals surface area contributed by atoms with Crippen molar-refractivity contribution in [3.05, 3.63) is 52.5 Å². The van der Waals surface area contributed by atoms with Gasteiger partial charge in [0.1, 0.15) is 5.54 Å². The predicted octanol–water partition coefficient (Wildman–Crippen LogP) is 2.82. The second-order valence-electron chi connectivity index (χ2n) is 6.07. The van der Waals surface area contributed by atoms with Crippen molar-refractivity contribution in [3.8, 4) is 0 Å². The van der Waals surface area contributed by atoms with Crippen molar-refractivity contribution >= 4 is 23.5 Å². The van der Waals surface area contributed by atoms with Gasteiger partial charge in [0, 0.05) is 11.1 Å². The molecule has 0 bridgehead atoms. The first kappa shape index (κ1) is 14.4. The lowest BCUT2D eigenvalue weighted by Crippen LogP contribution is -2.44. The van der Waals surface area contributed by atoms with Crippen LogP contribution in [0, 0.1) is 0 Å². The number of carbonyl (C=O) groups is 2. The highest BCUT2D eigenvalue weighted by molar-refractivity contribution is 7.05. The number of nitrogens with one attached hydrogen (secondary N) is 1. The second-order valence-corrected chi connectivity index (χ2v) is 6.99. The third-order valence-electron chi connectivity index (χ3n) is 4.71. The molecule has 118 valence electrons. The van der Waals surface area contributed by atoms with Gasteiger partial charge < -0.3 is 5.32 Å². The molecule has 3 amide bonds. The summed E-state index contributed by atoms with van der Waals surface area (Å²) in [6.45, 7) is 0.291. The molecule has 1 atom stereocenters. The van der Waals surface area contributed by atoms with Crippen LogP contribution in [0.3, 0.4) is 0 Å². The van der Waals surface area contributed by atoms with Gasteiger partial charge in [-0.3, -0.25) is 9.69 Å². The Bertz CT molecular complexity index is 759. The number of hydrogen-bond donors (Lipinski definition) is 1. The summed E-state index contributed by atoms with van der Waals surface area (Å²) in [5.74, 6) is -0.134. The summed E-state index contributed by atoms with van der Waals surface area (Å²) < 4.78 is 4.04. The van der Waals surface area contributed by atoms with Gasteiger partial charge >= 0.3 is 6.03 Å². The van der Waals surface area contributed by atoms with Crippen LogP contribution < -0.4 is 5.32 Å². The number of imide groups is 1. The topological polar surface area (TPSA) is 62.3 Å². The number of nitrogens with zero attached hydrogens (tertiary/aromatic N) is 2. The standard InChI is InChI=1S/C17H17N3O2S/c21-15-17(9-4-3-6-12-5-1-2-7-14(12)17)19-16(22)20(15)11-13-8-10-18-23-13/h1-2,5,7-8,10H,3-4,6,9,11H2,(H,19,22). The van der Waals surface area contributed by atoms with Crippen LogP contribution in [-0.2, 0) is 23.3 Å². The predicted molar refractivity (Wildman–Crippen MR) is 86.9 cm³/mol. The lowest BCUT2D eigenvalue weighted by Gasteiger charge is -2.27. The molecule has 4 rings (SSSR count). The van der Waals surface area contributed by atoms with Crippen LogP contribution in [0.4, 0.5) is 4.79 Å². The van der Waals surface area contributed by atoms with E-state index < -0.39 is 5.54 Å². The number of fused-ring (bicyclic) bond motifs is 2. The van der Waals surface area contributed by atoms with E-state index in [0.717, 1.165) is 29.7 Å². The average Bonchev–Trinajstić information content (AvgIpc) is 3.09. The summed E-state index contributed by atoms with van der Waals surface area (Å²) in [5, 5.41) is 3.00. The van der Waals surface area contributed by atoms with E-state index in [0.29, 0.717) is 13.0 Å². The second kappa shape index (κ2) is 5.45. The zero-order valence-corrected chi connectivity index (χ0v) is 13.4. The van der Waals surface area contributed by atoms with Gasteiger partial charge in [0.15, 0.2) is 0 Å². The minimum atomic E-state index is -0.894. The number of urea groups is 1. The Labute approximate surface area is 138 Å². The number of aryl methyl sites for hydroxylation is 1. The lowest BCUT2D eigenvalue weighted by molar-refractivity contribution is -0.132. The van der Waals surface area contributed by atoms with Crippen LogP contribution in [0.5, 0.6) is 0 Å². The average molecular weight is 327 g/mol. The normalized spacial score (nSPS) is 23.7. The molecule has 2 aromatic rings. The Morgan fingerprint density at radius 3 is 2.91 bits per heavy atom. The molecular formula is C17H17N3O2S. The third kappa shape index (κ3) is 2.25. The quantitative estimate of drug-likeness (QED) is 0.863. The van der Waals surface area contributed by atoms with E-state index in [1.807, 2.05) is 24.3 Å². The van der Waals surface area contributed by atoms with Gasteiger partial charge in [-0.05, 0) is 54.4 Å².